The third kappa shape index (κ3) is 5.03. The first-order valence-corrected chi connectivity index (χ1v) is 8.78. The zero-order valence-electron chi connectivity index (χ0n) is 13.8. The molecular formula is C19H17BrN4O2. The number of carbonyl (C=O) groups is 1. The van der Waals surface area contributed by atoms with Gasteiger partial charge in [-0.2, -0.15) is 4.98 Å². The second-order valence-corrected chi connectivity index (χ2v) is 6.47. The van der Waals surface area contributed by atoms with Crippen molar-refractivity contribution in [3.8, 4) is 11.3 Å². The summed E-state index contributed by atoms with van der Waals surface area (Å²) in [4.78, 5) is 19.6. The van der Waals surface area contributed by atoms with Gasteiger partial charge in [0.05, 0.1) is 5.69 Å². The monoisotopic (exact) mass is 412 g/mol. The molecule has 3 N–H and O–H groups in total. The fourth-order valence-electron chi connectivity index (χ4n) is 2.32. The SMILES string of the molecule is O=C(O)CNc1nc(NCc2ccc(Br)cc2)cc(-c2ccccc2)n1. The average Bonchev–Trinajstić information content (AvgIpc) is 2.66. The van der Waals surface area contributed by atoms with Crippen molar-refractivity contribution in [2.24, 2.45) is 0 Å². The Kier molecular flexibility index (Phi) is 5.80. The van der Waals surface area contributed by atoms with Gasteiger partial charge in [-0.3, -0.25) is 4.79 Å². The third-order valence-electron chi connectivity index (χ3n) is 3.58. The first-order chi connectivity index (χ1) is 12.6. The minimum Gasteiger partial charge on any atom is -0.480 e. The zero-order valence-corrected chi connectivity index (χ0v) is 15.4. The van der Waals surface area contributed by atoms with Crippen molar-refractivity contribution in [3.63, 3.8) is 0 Å². The normalized spacial score (nSPS) is 10.3. The van der Waals surface area contributed by atoms with E-state index in [1.807, 2.05) is 60.7 Å². The molecule has 1 aromatic heterocycles. The van der Waals surface area contributed by atoms with E-state index in [2.05, 4.69) is 36.5 Å². The van der Waals surface area contributed by atoms with Crippen molar-refractivity contribution in [3.05, 3.63) is 70.7 Å². The first kappa shape index (κ1) is 17.9. The van der Waals surface area contributed by atoms with Crippen LogP contribution in [0.25, 0.3) is 11.3 Å². The van der Waals surface area contributed by atoms with E-state index in [1.54, 1.807) is 0 Å². The van der Waals surface area contributed by atoms with Crippen LogP contribution in [-0.2, 0) is 11.3 Å². The predicted molar refractivity (Wildman–Crippen MR) is 105 cm³/mol. The van der Waals surface area contributed by atoms with Crippen LogP contribution < -0.4 is 10.6 Å². The van der Waals surface area contributed by atoms with Crippen molar-refractivity contribution in [2.75, 3.05) is 17.2 Å². The molecule has 0 saturated heterocycles. The van der Waals surface area contributed by atoms with Gasteiger partial charge in [0.25, 0.3) is 0 Å². The first-order valence-electron chi connectivity index (χ1n) is 7.98. The maximum absolute atomic E-state index is 10.8. The molecule has 0 spiro atoms. The number of rotatable bonds is 7. The second-order valence-electron chi connectivity index (χ2n) is 5.56. The van der Waals surface area contributed by atoms with Crippen molar-refractivity contribution < 1.29 is 9.90 Å². The van der Waals surface area contributed by atoms with E-state index in [1.165, 1.54) is 0 Å². The standard InChI is InChI=1S/C19H17BrN4O2/c20-15-8-6-13(7-9-15)11-21-17-10-16(14-4-2-1-3-5-14)23-19(24-17)22-12-18(25)26/h1-10H,11-12H2,(H,25,26)(H2,21,22,23,24). The largest absolute Gasteiger partial charge is 0.480 e. The summed E-state index contributed by atoms with van der Waals surface area (Å²) in [6.07, 6.45) is 0. The predicted octanol–water partition coefficient (Wildman–Crippen LogP) is 4.01. The number of hydrogen-bond acceptors (Lipinski definition) is 5. The Morgan fingerprint density at radius 2 is 1.73 bits per heavy atom. The van der Waals surface area contributed by atoms with E-state index in [0.717, 1.165) is 15.6 Å². The van der Waals surface area contributed by atoms with Crippen LogP contribution in [0.15, 0.2) is 65.1 Å². The molecule has 1 heterocycles. The maximum atomic E-state index is 10.8. The number of benzene rings is 2. The van der Waals surface area contributed by atoms with E-state index in [4.69, 9.17) is 5.11 Å². The lowest BCUT2D eigenvalue weighted by Crippen LogP contribution is -2.15. The highest BCUT2D eigenvalue weighted by Crippen LogP contribution is 2.22. The molecule has 0 radical (unpaired) electrons. The smallest absolute Gasteiger partial charge is 0.322 e. The van der Waals surface area contributed by atoms with Crippen LogP contribution >= 0.6 is 15.9 Å². The Balaban J connectivity index is 1.83. The molecular weight excluding hydrogens is 396 g/mol. The second kappa shape index (κ2) is 8.44. The van der Waals surface area contributed by atoms with Crippen LogP contribution in [-0.4, -0.2) is 27.6 Å². The third-order valence-corrected chi connectivity index (χ3v) is 4.11. The molecule has 0 aliphatic rings. The Morgan fingerprint density at radius 1 is 1.00 bits per heavy atom. The Labute approximate surface area is 159 Å². The molecule has 0 aliphatic heterocycles. The number of aliphatic carboxylic acids is 1. The van der Waals surface area contributed by atoms with Crippen LogP contribution in [0.4, 0.5) is 11.8 Å². The van der Waals surface area contributed by atoms with Gasteiger partial charge in [-0.05, 0) is 17.7 Å². The van der Waals surface area contributed by atoms with Gasteiger partial charge in [-0.15, -0.1) is 0 Å². The lowest BCUT2D eigenvalue weighted by atomic mass is 10.1. The number of nitrogens with zero attached hydrogens (tertiary/aromatic N) is 2. The minimum atomic E-state index is -0.969. The number of carboxylic acid groups (broad SMARTS) is 1. The topological polar surface area (TPSA) is 87.1 Å². The minimum absolute atomic E-state index is 0.246. The van der Waals surface area contributed by atoms with Crippen LogP contribution in [0.3, 0.4) is 0 Å². The van der Waals surface area contributed by atoms with E-state index in [0.29, 0.717) is 18.1 Å². The highest BCUT2D eigenvalue weighted by atomic mass is 79.9. The molecule has 3 rings (SSSR count). The number of carboxylic acids is 1. The summed E-state index contributed by atoms with van der Waals surface area (Å²) in [7, 11) is 0. The highest BCUT2D eigenvalue weighted by molar-refractivity contribution is 9.10. The molecule has 0 fully saturated rings. The summed E-state index contributed by atoms with van der Waals surface area (Å²) < 4.78 is 1.02. The van der Waals surface area contributed by atoms with Crippen LogP contribution in [0.1, 0.15) is 5.56 Å². The fraction of sp³-hybridized carbons (Fsp3) is 0.105. The average molecular weight is 413 g/mol. The number of anilines is 2. The van der Waals surface area contributed by atoms with Gasteiger partial charge in [-0.25, -0.2) is 4.98 Å². The molecule has 0 atom stereocenters. The molecule has 0 bridgehead atoms. The molecule has 26 heavy (non-hydrogen) atoms. The number of hydrogen-bond donors (Lipinski definition) is 3. The summed E-state index contributed by atoms with van der Waals surface area (Å²) >= 11 is 3.42. The molecule has 0 amide bonds. The van der Waals surface area contributed by atoms with Crippen molar-refractivity contribution in [1.29, 1.82) is 0 Å². The summed E-state index contributed by atoms with van der Waals surface area (Å²) in [5, 5.41) is 14.9. The molecule has 6 nitrogen and oxygen atoms in total. The number of halogens is 1. The molecule has 0 aliphatic carbocycles. The molecule has 7 heteroatoms. The molecule has 2 aromatic carbocycles. The summed E-state index contributed by atoms with van der Waals surface area (Å²) in [6, 6.07) is 19.5. The van der Waals surface area contributed by atoms with Gasteiger partial charge in [0.15, 0.2) is 0 Å². The highest BCUT2D eigenvalue weighted by Gasteiger charge is 2.08. The van der Waals surface area contributed by atoms with Crippen molar-refractivity contribution in [1.82, 2.24) is 9.97 Å². The van der Waals surface area contributed by atoms with Gasteiger partial charge in [0.1, 0.15) is 12.4 Å². The van der Waals surface area contributed by atoms with Gasteiger partial charge in [0.2, 0.25) is 5.95 Å². The van der Waals surface area contributed by atoms with Crippen molar-refractivity contribution >= 4 is 33.7 Å². The van der Waals surface area contributed by atoms with Crippen LogP contribution in [0.5, 0.6) is 0 Å². The zero-order chi connectivity index (χ0) is 18.4. The summed E-state index contributed by atoms with van der Waals surface area (Å²) in [5.41, 5.74) is 2.75. The van der Waals surface area contributed by atoms with E-state index in [9.17, 15) is 4.79 Å². The lowest BCUT2D eigenvalue weighted by Gasteiger charge is -2.11. The van der Waals surface area contributed by atoms with E-state index in [-0.39, 0.29) is 12.5 Å². The lowest BCUT2D eigenvalue weighted by molar-refractivity contribution is -0.134. The Hall–Kier alpha value is -2.93. The Bertz CT molecular complexity index is 886. The molecule has 0 unspecified atom stereocenters. The van der Waals surface area contributed by atoms with Crippen LogP contribution in [0, 0.1) is 0 Å². The maximum Gasteiger partial charge on any atom is 0.322 e. The van der Waals surface area contributed by atoms with Gasteiger partial charge in [-0.1, -0.05) is 58.4 Å². The number of aromatic nitrogens is 2. The van der Waals surface area contributed by atoms with Gasteiger partial charge < -0.3 is 15.7 Å². The molecule has 0 saturated carbocycles. The van der Waals surface area contributed by atoms with Crippen LogP contribution in [0.2, 0.25) is 0 Å². The van der Waals surface area contributed by atoms with Gasteiger partial charge in [0, 0.05) is 22.6 Å². The Morgan fingerprint density at radius 3 is 2.42 bits per heavy atom. The summed E-state index contributed by atoms with van der Waals surface area (Å²) in [5.74, 6) is -0.0789. The van der Waals surface area contributed by atoms with E-state index >= 15 is 0 Å². The summed E-state index contributed by atoms with van der Waals surface area (Å²) in [6.45, 7) is 0.349. The molecule has 3 aromatic rings. The van der Waals surface area contributed by atoms with Gasteiger partial charge >= 0.3 is 5.97 Å². The quantitative estimate of drug-likeness (QED) is 0.543. The van der Waals surface area contributed by atoms with E-state index < -0.39 is 5.97 Å². The fourth-order valence-corrected chi connectivity index (χ4v) is 2.59. The van der Waals surface area contributed by atoms with Crippen molar-refractivity contribution in [2.45, 2.75) is 6.54 Å². The molecule has 132 valence electrons. The number of nitrogens with one attached hydrogen (secondary N) is 2.